The fourth-order valence-electron chi connectivity index (χ4n) is 2.87. The molecular weight excluding hydrogens is 479 g/mol. The normalized spacial score (nSPS) is 17.4. The Kier molecular flexibility index (Phi) is 9.56. The Morgan fingerprint density at radius 1 is 1.33 bits per heavy atom. The first-order chi connectivity index (χ1) is 12.2. The highest BCUT2D eigenvalue weighted by Gasteiger charge is 2.30. The van der Waals surface area contributed by atoms with Crippen molar-refractivity contribution in [2.24, 2.45) is 4.99 Å². The molecule has 0 spiro atoms. The summed E-state index contributed by atoms with van der Waals surface area (Å²) in [6.07, 6.45) is 5.36. The molecule has 1 aromatic rings. The highest BCUT2D eigenvalue weighted by molar-refractivity contribution is 14.0. The lowest BCUT2D eigenvalue weighted by Crippen LogP contribution is -2.44. The first-order valence-corrected chi connectivity index (χ1v) is 11.1. The van der Waals surface area contributed by atoms with Crippen molar-refractivity contribution >= 4 is 39.8 Å². The third-order valence-electron chi connectivity index (χ3n) is 4.88. The van der Waals surface area contributed by atoms with E-state index in [1.165, 1.54) is 19.1 Å². The van der Waals surface area contributed by atoms with Crippen LogP contribution in [-0.4, -0.2) is 63.0 Å². The standard InChI is InChI=1S/C18H32N4O3S.HI/c1-5-19-17(21-14-18(2,3)26(4,23)24)20-13-15(16-9-8-12-25-16)22-10-6-7-11-22;/h8-9,12,15H,5-7,10-11,13-14H2,1-4H3,(H2,19,20,21);1H. The van der Waals surface area contributed by atoms with Crippen LogP contribution in [0.25, 0.3) is 0 Å². The van der Waals surface area contributed by atoms with Crippen LogP contribution < -0.4 is 10.6 Å². The molecule has 0 aromatic carbocycles. The highest BCUT2D eigenvalue weighted by Crippen LogP contribution is 2.24. The number of halogens is 1. The lowest BCUT2D eigenvalue weighted by molar-refractivity contribution is 0.215. The van der Waals surface area contributed by atoms with Crippen LogP contribution in [0.3, 0.4) is 0 Å². The molecule has 1 unspecified atom stereocenters. The van der Waals surface area contributed by atoms with Crippen LogP contribution in [-0.2, 0) is 9.84 Å². The van der Waals surface area contributed by atoms with E-state index in [9.17, 15) is 8.42 Å². The Balaban J connectivity index is 0.00000364. The van der Waals surface area contributed by atoms with Crippen LogP contribution in [0.15, 0.2) is 27.8 Å². The zero-order valence-electron chi connectivity index (χ0n) is 16.7. The predicted molar refractivity (Wildman–Crippen MR) is 121 cm³/mol. The summed E-state index contributed by atoms with van der Waals surface area (Å²) < 4.78 is 28.5. The lowest BCUT2D eigenvalue weighted by atomic mass is 10.2. The minimum Gasteiger partial charge on any atom is -0.468 e. The van der Waals surface area contributed by atoms with Crippen LogP contribution in [0.1, 0.15) is 45.4 Å². The van der Waals surface area contributed by atoms with Gasteiger partial charge >= 0.3 is 0 Å². The average molecular weight is 512 g/mol. The molecule has 1 aliphatic heterocycles. The summed E-state index contributed by atoms with van der Waals surface area (Å²) >= 11 is 0. The molecule has 1 aromatic heterocycles. The van der Waals surface area contributed by atoms with E-state index < -0.39 is 14.6 Å². The molecule has 1 aliphatic rings. The third-order valence-corrected chi connectivity index (χ3v) is 7.02. The van der Waals surface area contributed by atoms with E-state index in [0.717, 1.165) is 18.8 Å². The molecule has 9 heteroatoms. The van der Waals surface area contributed by atoms with Gasteiger partial charge in [0.2, 0.25) is 0 Å². The molecule has 0 amide bonds. The summed E-state index contributed by atoms with van der Waals surface area (Å²) in [6.45, 7) is 9.07. The third kappa shape index (κ3) is 6.94. The molecule has 2 N–H and O–H groups in total. The average Bonchev–Trinajstić information content (AvgIpc) is 3.25. The molecular formula is C18H33IN4O3S. The van der Waals surface area contributed by atoms with Gasteiger partial charge in [0, 0.05) is 19.3 Å². The molecule has 0 radical (unpaired) electrons. The SMILES string of the molecule is CCNC(=NCC(C)(C)S(C)(=O)=O)NCC(c1ccco1)N1CCCC1.I. The van der Waals surface area contributed by atoms with E-state index in [-0.39, 0.29) is 36.6 Å². The second-order valence-electron chi connectivity index (χ2n) is 7.38. The van der Waals surface area contributed by atoms with E-state index >= 15 is 0 Å². The number of rotatable bonds is 8. The molecule has 2 rings (SSSR count). The molecule has 0 saturated carbocycles. The van der Waals surface area contributed by atoms with Crippen LogP contribution in [0, 0.1) is 0 Å². The lowest BCUT2D eigenvalue weighted by Gasteiger charge is -2.27. The van der Waals surface area contributed by atoms with Crippen LogP contribution in [0.5, 0.6) is 0 Å². The summed E-state index contributed by atoms with van der Waals surface area (Å²) in [5.74, 6) is 1.56. The fraction of sp³-hybridized carbons (Fsp3) is 0.722. The zero-order chi connectivity index (χ0) is 19.2. The van der Waals surface area contributed by atoms with Crippen LogP contribution in [0.2, 0.25) is 0 Å². The number of sulfone groups is 1. The van der Waals surface area contributed by atoms with Crippen LogP contribution >= 0.6 is 24.0 Å². The van der Waals surface area contributed by atoms with Gasteiger partial charge in [-0.1, -0.05) is 0 Å². The van der Waals surface area contributed by atoms with Crippen molar-refractivity contribution < 1.29 is 12.8 Å². The Labute approximate surface area is 180 Å². The first kappa shape index (κ1) is 24.2. The van der Waals surface area contributed by atoms with Crippen molar-refractivity contribution in [3.63, 3.8) is 0 Å². The largest absolute Gasteiger partial charge is 0.468 e. The number of aliphatic imine (C=N–C) groups is 1. The summed E-state index contributed by atoms with van der Waals surface area (Å²) in [6, 6.07) is 4.05. The van der Waals surface area contributed by atoms with E-state index in [1.807, 2.05) is 19.1 Å². The fourth-order valence-corrected chi connectivity index (χ4v) is 3.16. The van der Waals surface area contributed by atoms with Gasteiger partial charge in [0.25, 0.3) is 0 Å². The molecule has 156 valence electrons. The molecule has 27 heavy (non-hydrogen) atoms. The predicted octanol–water partition coefficient (Wildman–Crippen LogP) is 2.41. The Hall–Kier alpha value is -0.810. The van der Waals surface area contributed by atoms with Crippen molar-refractivity contribution in [2.45, 2.75) is 44.4 Å². The van der Waals surface area contributed by atoms with Gasteiger partial charge in [-0.2, -0.15) is 0 Å². The van der Waals surface area contributed by atoms with E-state index in [2.05, 4.69) is 20.5 Å². The molecule has 1 atom stereocenters. The van der Waals surface area contributed by atoms with E-state index in [4.69, 9.17) is 4.42 Å². The van der Waals surface area contributed by atoms with E-state index in [1.54, 1.807) is 20.1 Å². The second kappa shape index (κ2) is 10.7. The van der Waals surface area contributed by atoms with Crippen molar-refractivity contribution in [1.82, 2.24) is 15.5 Å². The van der Waals surface area contributed by atoms with Gasteiger partial charge in [-0.05, 0) is 58.8 Å². The summed E-state index contributed by atoms with van der Waals surface area (Å²) in [4.78, 5) is 6.91. The second-order valence-corrected chi connectivity index (χ2v) is 10.0. The molecule has 0 bridgehead atoms. The van der Waals surface area contributed by atoms with Crippen molar-refractivity contribution in [3.8, 4) is 0 Å². The number of nitrogens with one attached hydrogen (secondary N) is 2. The summed E-state index contributed by atoms with van der Waals surface area (Å²) in [5.41, 5.74) is 0. The monoisotopic (exact) mass is 512 g/mol. The van der Waals surface area contributed by atoms with E-state index in [0.29, 0.717) is 19.0 Å². The van der Waals surface area contributed by atoms with Crippen molar-refractivity contribution in [3.05, 3.63) is 24.2 Å². The summed E-state index contributed by atoms with van der Waals surface area (Å²) in [5, 5.41) is 6.55. The van der Waals surface area contributed by atoms with Gasteiger partial charge in [0.05, 0.1) is 23.6 Å². The Morgan fingerprint density at radius 2 is 2.00 bits per heavy atom. The number of furan rings is 1. The Bertz CT molecular complexity index is 683. The van der Waals surface area contributed by atoms with Gasteiger partial charge < -0.3 is 15.1 Å². The Morgan fingerprint density at radius 3 is 2.52 bits per heavy atom. The highest BCUT2D eigenvalue weighted by atomic mass is 127. The number of guanidine groups is 1. The number of nitrogens with zero attached hydrogens (tertiary/aromatic N) is 2. The smallest absolute Gasteiger partial charge is 0.191 e. The first-order valence-electron chi connectivity index (χ1n) is 9.24. The maximum atomic E-state index is 11.9. The number of likely N-dealkylation sites (tertiary alicyclic amines) is 1. The quantitative estimate of drug-likeness (QED) is 0.316. The van der Waals surface area contributed by atoms with Gasteiger partial charge in [0.15, 0.2) is 15.8 Å². The van der Waals surface area contributed by atoms with Gasteiger partial charge in [-0.15, -0.1) is 24.0 Å². The molecule has 1 saturated heterocycles. The van der Waals surface area contributed by atoms with Gasteiger partial charge in [-0.25, -0.2) is 8.42 Å². The molecule has 1 fully saturated rings. The number of hydrogen-bond donors (Lipinski definition) is 2. The zero-order valence-corrected chi connectivity index (χ0v) is 19.8. The summed E-state index contributed by atoms with van der Waals surface area (Å²) in [7, 11) is -3.18. The van der Waals surface area contributed by atoms with Crippen LogP contribution in [0.4, 0.5) is 0 Å². The molecule has 2 heterocycles. The van der Waals surface area contributed by atoms with Crippen molar-refractivity contribution in [2.75, 3.05) is 39.0 Å². The number of hydrogen-bond acceptors (Lipinski definition) is 5. The van der Waals surface area contributed by atoms with Crippen molar-refractivity contribution in [1.29, 1.82) is 0 Å². The minimum absolute atomic E-state index is 0. The topological polar surface area (TPSA) is 86.9 Å². The van der Waals surface area contributed by atoms with Gasteiger partial charge in [-0.3, -0.25) is 9.89 Å². The maximum absolute atomic E-state index is 11.9. The minimum atomic E-state index is -3.18. The molecule has 7 nitrogen and oxygen atoms in total. The molecule has 0 aliphatic carbocycles. The van der Waals surface area contributed by atoms with Gasteiger partial charge in [0.1, 0.15) is 5.76 Å². The maximum Gasteiger partial charge on any atom is 0.191 e.